The van der Waals surface area contributed by atoms with Gasteiger partial charge in [-0.2, -0.15) is 0 Å². The standard InChI is InChI=1S/C24H25N3O3/c1-2-24(28)26-10-9-20(16-26)30-19-7-8-23-22(14-19)27(11-12-29-23)18-13-17-5-3-4-6-21(17)25-15-18/h3-8,13-15,20H,2,9-12,16H2,1H3. The van der Waals surface area contributed by atoms with Gasteiger partial charge in [0.15, 0.2) is 0 Å². The molecule has 5 rings (SSSR count). The van der Waals surface area contributed by atoms with Crippen molar-refractivity contribution >= 4 is 28.2 Å². The van der Waals surface area contributed by atoms with E-state index < -0.39 is 0 Å². The molecule has 0 bridgehead atoms. The van der Waals surface area contributed by atoms with Gasteiger partial charge in [0.25, 0.3) is 0 Å². The molecule has 1 saturated heterocycles. The number of hydrogen-bond donors (Lipinski definition) is 0. The molecule has 1 aromatic heterocycles. The third-order valence-corrected chi connectivity index (χ3v) is 5.78. The Labute approximate surface area is 176 Å². The number of hydrogen-bond acceptors (Lipinski definition) is 5. The molecule has 3 aromatic rings. The molecule has 0 radical (unpaired) electrons. The highest BCUT2D eigenvalue weighted by Crippen LogP contribution is 2.40. The summed E-state index contributed by atoms with van der Waals surface area (Å²) >= 11 is 0. The Morgan fingerprint density at radius 3 is 3.00 bits per heavy atom. The summed E-state index contributed by atoms with van der Waals surface area (Å²) in [6, 6.07) is 16.2. The molecule has 154 valence electrons. The molecule has 2 aromatic carbocycles. The van der Waals surface area contributed by atoms with E-state index in [4.69, 9.17) is 9.47 Å². The Hall–Kier alpha value is -3.28. The van der Waals surface area contributed by atoms with E-state index in [0.717, 1.165) is 53.3 Å². The molecule has 0 saturated carbocycles. The predicted octanol–water partition coefficient (Wildman–Crippen LogP) is 4.16. The zero-order valence-electron chi connectivity index (χ0n) is 17.1. The van der Waals surface area contributed by atoms with Crippen LogP contribution in [0.25, 0.3) is 10.9 Å². The molecule has 1 unspecified atom stereocenters. The van der Waals surface area contributed by atoms with E-state index in [0.29, 0.717) is 19.6 Å². The lowest BCUT2D eigenvalue weighted by molar-refractivity contribution is -0.130. The van der Waals surface area contributed by atoms with Crippen LogP contribution >= 0.6 is 0 Å². The lowest BCUT2D eigenvalue weighted by atomic mass is 10.1. The van der Waals surface area contributed by atoms with E-state index in [1.54, 1.807) is 0 Å². The van der Waals surface area contributed by atoms with E-state index in [1.807, 2.05) is 54.4 Å². The molecule has 2 aliphatic rings. The maximum absolute atomic E-state index is 11.9. The number of benzene rings is 2. The van der Waals surface area contributed by atoms with E-state index in [-0.39, 0.29) is 12.0 Å². The average Bonchev–Trinajstić information content (AvgIpc) is 3.26. The molecule has 1 atom stereocenters. The van der Waals surface area contributed by atoms with E-state index in [9.17, 15) is 4.79 Å². The van der Waals surface area contributed by atoms with Crippen LogP contribution in [0.5, 0.6) is 11.5 Å². The number of amides is 1. The largest absolute Gasteiger partial charge is 0.490 e. The first-order valence-electron chi connectivity index (χ1n) is 10.5. The normalized spacial score (nSPS) is 18.2. The summed E-state index contributed by atoms with van der Waals surface area (Å²) in [5.74, 6) is 1.83. The van der Waals surface area contributed by atoms with Crippen molar-refractivity contribution in [3.8, 4) is 11.5 Å². The first-order valence-corrected chi connectivity index (χ1v) is 10.5. The fourth-order valence-electron chi connectivity index (χ4n) is 4.21. The number of carbonyl (C=O) groups is 1. The van der Waals surface area contributed by atoms with Gasteiger partial charge in [0, 0.05) is 30.8 Å². The fourth-order valence-corrected chi connectivity index (χ4v) is 4.21. The molecule has 1 fully saturated rings. The molecule has 1 amide bonds. The van der Waals surface area contributed by atoms with Gasteiger partial charge < -0.3 is 19.3 Å². The minimum absolute atomic E-state index is 0.0267. The van der Waals surface area contributed by atoms with Crippen molar-refractivity contribution in [2.75, 3.05) is 31.1 Å². The highest BCUT2D eigenvalue weighted by atomic mass is 16.5. The van der Waals surface area contributed by atoms with Crippen molar-refractivity contribution in [1.29, 1.82) is 0 Å². The number of likely N-dealkylation sites (tertiary alicyclic amines) is 1. The quantitative estimate of drug-likeness (QED) is 0.655. The molecule has 30 heavy (non-hydrogen) atoms. The summed E-state index contributed by atoms with van der Waals surface area (Å²) in [6.07, 6.45) is 3.34. The number of ether oxygens (including phenoxy) is 2. The van der Waals surface area contributed by atoms with Crippen molar-refractivity contribution in [1.82, 2.24) is 9.88 Å². The topological polar surface area (TPSA) is 54.9 Å². The van der Waals surface area contributed by atoms with Gasteiger partial charge >= 0.3 is 0 Å². The molecule has 3 heterocycles. The van der Waals surface area contributed by atoms with Crippen molar-refractivity contribution in [2.45, 2.75) is 25.9 Å². The number of pyridine rings is 1. The number of para-hydroxylation sites is 1. The van der Waals surface area contributed by atoms with Crippen LogP contribution in [0.2, 0.25) is 0 Å². The molecular formula is C24H25N3O3. The van der Waals surface area contributed by atoms with Crippen LogP contribution in [0.15, 0.2) is 54.7 Å². The van der Waals surface area contributed by atoms with Crippen LogP contribution in [-0.2, 0) is 4.79 Å². The second-order valence-corrected chi connectivity index (χ2v) is 7.74. The monoisotopic (exact) mass is 403 g/mol. The Bertz CT molecular complexity index is 1080. The Morgan fingerprint density at radius 1 is 1.20 bits per heavy atom. The van der Waals surface area contributed by atoms with Crippen molar-refractivity contribution in [3.05, 3.63) is 54.7 Å². The Morgan fingerprint density at radius 2 is 2.10 bits per heavy atom. The van der Waals surface area contributed by atoms with Crippen molar-refractivity contribution in [3.63, 3.8) is 0 Å². The number of carbonyl (C=O) groups excluding carboxylic acids is 1. The molecule has 0 spiro atoms. The zero-order chi connectivity index (χ0) is 20.5. The minimum Gasteiger partial charge on any atom is -0.490 e. The summed E-state index contributed by atoms with van der Waals surface area (Å²) in [5, 5.41) is 1.11. The van der Waals surface area contributed by atoms with Gasteiger partial charge in [-0.1, -0.05) is 25.1 Å². The Balaban J connectivity index is 1.40. The van der Waals surface area contributed by atoms with Crippen LogP contribution in [0, 0.1) is 0 Å². The summed E-state index contributed by atoms with van der Waals surface area (Å²) in [5.41, 5.74) is 3.01. The van der Waals surface area contributed by atoms with Gasteiger partial charge in [-0.25, -0.2) is 0 Å². The summed E-state index contributed by atoms with van der Waals surface area (Å²) in [7, 11) is 0. The zero-order valence-corrected chi connectivity index (χ0v) is 17.1. The molecule has 2 aliphatic heterocycles. The van der Waals surface area contributed by atoms with Crippen molar-refractivity contribution in [2.24, 2.45) is 0 Å². The second kappa shape index (κ2) is 7.86. The summed E-state index contributed by atoms with van der Waals surface area (Å²) in [6.45, 7) is 4.69. The first-order chi connectivity index (χ1) is 14.7. The molecular weight excluding hydrogens is 378 g/mol. The van der Waals surface area contributed by atoms with Gasteiger partial charge in [0.2, 0.25) is 5.91 Å². The van der Waals surface area contributed by atoms with Gasteiger partial charge in [0.1, 0.15) is 24.2 Å². The van der Waals surface area contributed by atoms with Gasteiger partial charge in [0.05, 0.1) is 36.2 Å². The molecule has 0 aliphatic carbocycles. The van der Waals surface area contributed by atoms with E-state index >= 15 is 0 Å². The Kier molecular flexibility index (Phi) is 4.91. The van der Waals surface area contributed by atoms with Gasteiger partial charge in [-0.15, -0.1) is 0 Å². The van der Waals surface area contributed by atoms with Crippen LogP contribution in [0.4, 0.5) is 11.4 Å². The second-order valence-electron chi connectivity index (χ2n) is 7.74. The summed E-state index contributed by atoms with van der Waals surface area (Å²) < 4.78 is 12.1. The van der Waals surface area contributed by atoms with Crippen LogP contribution in [0.3, 0.4) is 0 Å². The first kappa shape index (κ1) is 18.7. The number of fused-ring (bicyclic) bond motifs is 2. The minimum atomic E-state index is 0.0267. The predicted molar refractivity (Wildman–Crippen MR) is 117 cm³/mol. The average molecular weight is 403 g/mol. The van der Waals surface area contributed by atoms with Gasteiger partial charge in [-0.05, 0) is 24.3 Å². The summed E-state index contributed by atoms with van der Waals surface area (Å²) in [4.78, 5) is 20.7. The lowest BCUT2D eigenvalue weighted by Crippen LogP contribution is -2.30. The number of aromatic nitrogens is 1. The molecule has 0 N–H and O–H groups in total. The lowest BCUT2D eigenvalue weighted by Gasteiger charge is -2.31. The molecule has 6 nitrogen and oxygen atoms in total. The van der Waals surface area contributed by atoms with Crippen molar-refractivity contribution < 1.29 is 14.3 Å². The fraction of sp³-hybridized carbons (Fsp3) is 0.333. The van der Waals surface area contributed by atoms with Crippen LogP contribution < -0.4 is 14.4 Å². The maximum atomic E-state index is 11.9. The highest BCUT2D eigenvalue weighted by Gasteiger charge is 2.27. The van der Waals surface area contributed by atoms with Gasteiger partial charge in [-0.3, -0.25) is 9.78 Å². The van der Waals surface area contributed by atoms with Crippen LogP contribution in [-0.4, -0.2) is 48.1 Å². The number of rotatable bonds is 4. The highest BCUT2D eigenvalue weighted by molar-refractivity contribution is 5.84. The van der Waals surface area contributed by atoms with E-state index in [2.05, 4.69) is 22.0 Å². The molecule has 6 heteroatoms. The third kappa shape index (κ3) is 3.54. The van der Waals surface area contributed by atoms with E-state index in [1.165, 1.54) is 0 Å². The number of anilines is 2. The maximum Gasteiger partial charge on any atom is 0.222 e. The smallest absolute Gasteiger partial charge is 0.222 e. The SMILES string of the molecule is CCC(=O)N1CCC(Oc2ccc3c(c2)N(c2cnc4ccccc4c2)CCO3)C1. The third-order valence-electron chi connectivity index (χ3n) is 5.78. The van der Waals surface area contributed by atoms with Crippen LogP contribution in [0.1, 0.15) is 19.8 Å². The number of nitrogens with zero attached hydrogens (tertiary/aromatic N) is 3.